The lowest BCUT2D eigenvalue weighted by molar-refractivity contribution is -0.138. The number of carbonyl (C=O) groups excluding carboxylic acids is 2. The van der Waals surface area contributed by atoms with Crippen LogP contribution in [-0.4, -0.2) is 61.5 Å². The highest BCUT2D eigenvalue weighted by molar-refractivity contribution is 6.31. The lowest BCUT2D eigenvalue weighted by Crippen LogP contribution is -2.64. The molecule has 0 aromatic heterocycles. The summed E-state index contributed by atoms with van der Waals surface area (Å²) in [7, 11) is 1.73. The van der Waals surface area contributed by atoms with Crippen molar-refractivity contribution in [2.75, 3.05) is 32.1 Å². The number of piperidine rings is 2. The predicted octanol–water partition coefficient (Wildman–Crippen LogP) is 2.63. The molecule has 6 nitrogen and oxygen atoms in total. The van der Waals surface area contributed by atoms with E-state index in [0.717, 1.165) is 37.8 Å². The summed E-state index contributed by atoms with van der Waals surface area (Å²) in [5.41, 5.74) is 1.68. The average molecular weight is 420 g/mol. The monoisotopic (exact) mass is 419 g/mol. The SMILES string of the molecule is COC1CCC2NC3CCN(CC(=O)Nc4ccc(C)c(Cl)c4)CC3C(=O)C2C1. The van der Waals surface area contributed by atoms with Crippen LogP contribution in [0.15, 0.2) is 18.2 Å². The van der Waals surface area contributed by atoms with Crippen LogP contribution in [0.2, 0.25) is 5.02 Å². The third kappa shape index (κ3) is 4.50. The van der Waals surface area contributed by atoms with Crippen LogP contribution in [0.5, 0.6) is 0 Å². The molecule has 2 aliphatic heterocycles. The Balaban J connectivity index is 1.35. The number of halogens is 1. The Morgan fingerprint density at radius 3 is 2.83 bits per heavy atom. The summed E-state index contributed by atoms with van der Waals surface area (Å²) in [6, 6.07) is 6.04. The Hall–Kier alpha value is -1.47. The molecular weight excluding hydrogens is 390 g/mol. The number of hydrogen-bond donors (Lipinski definition) is 2. The molecule has 0 bridgehead atoms. The minimum absolute atomic E-state index is 0.0396. The normalized spacial score (nSPS) is 32.4. The Kier molecular flexibility index (Phi) is 6.25. The van der Waals surface area contributed by atoms with Crippen LogP contribution in [0, 0.1) is 18.8 Å². The lowest BCUT2D eigenvalue weighted by atomic mass is 9.70. The maximum atomic E-state index is 13.2. The van der Waals surface area contributed by atoms with Gasteiger partial charge < -0.3 is 15.4 Å². The number of likely N-dealkylation sites (tertiary alicyclic amines) is 1. The highest BCUT2D eigenvalue weighted by atomic mass is 35.5. The van der Waals surface area contributed by atoms with Crippen LogP contribution in [-0.2, 0) is 14.3 Å². The van der Waals surface area contributed by atoms with E-state index >= 15 is 0 Å². The fraction of sp³-hybridized carbons (Fsp3) is 0.636. The predicted molar refractivity (Wildman–Crippen MR) is 113 cm³/mol. The van der Waals surface area contributed by atoms with Gasteiger partial charge in [-0.1, -0.05) is 17.7 Å². The summed E-state index contributed by atoms with van der Waals surface area (Å²) in [6.07, 6.45) is 3.92. The molecular formula is C22H30ClN3O3. The van der Waals surface area contributed by atoms with E-state index in [0.29, 0.717) is 23.0 Å². The summed E-state index contributed by atoms with van der Waals surface area (Å²) >= 11 is 6.14. The molecule has 5 unspecified atom stereocenters. The molecule has 0 radical (unpaired) electrons. The van der Waals surface area contributed by atoms with E-state index in [-0.39, 0.29) is 42.5 Å². The minimum atomic E-state index is -0.0745. The first kappa shape index (κ1) is 20.8. The summed E-state index contributed by atoms with van der Waals surface area (Å²) in [5, 5.41) is 7.29. The number of fused-ring (bicyclic) bond motifs is 2. The molecule has 3 aliphatic rings. The number of carbonyl (C=O) groups is 2. The average Bonchev–Trinajstić information content (AvgIpc) is 2.71. The summed E-state index contributed by atoms with van der Waals surface area (Å²) < 4.78 is 5.52. The number of rotatable bonds is 4. The molecule has 158 valence electrons. The number of amides is 1. The Labute approximate surface area is 177 Å². The van der Waals surface area contributed by atoms with Gasteiger partial charge in [-0.3, -0.25) is 14.5 Å². The molecule has 1 aromatic rings. The van der Waals surface area contributed by atoms with Gasteiger partial charge in [0.2, 0.25) is 5.91 Å². The highest BCUT2D eigenvalue weighted by Gasteiger charge is 2.47. The lowest BCUT2D eigenvalue weighted by Gasteiger charge is -2.48. The van der Waals surface area contributed by atoms with Crippen molar-refractivity contribution < 1.29 is 14.3 Å². The molecule has 1 amide bonds. The van der Waals surface area contributed by atoms with Gasteiger partial charge in [0.15, 0.2) is 0 Å². The molecule has 0 spiro atoms. The van der Waals surface area contributed by atoms with E-state index in [1.54, 1.807) is 13.2 Å². The van der Waals surface area contributed by atoms with Crippen LogP contribution in [0.4, 0.5) is 5.69 Å². The molecule has 2 saturated heterocycles. The third-order valence-corrected chi connectivity index (χ3v) is 7.22. The van der Waals surface area contributed by atoms with Gasteiger partial charge in [0.25, 0.3) is 0 Å². The molecule has 2 N–H and O–H groups in total. The first-order chi connectivity index (χ1) is 13.9. The number of nitrogens with one attached hydrogen (secondary N) is 2. The maximum absolute atomic E-state index is 13.2. The number of benzene rings is 1. The van der Waals surface area contributed by atoms with Crippen molar-refractivity contribution in [3.63, 3.8) is 0 Å². The van der Waals surface area contributed by atoms with E-state index < -0.39 is 0 Å². The van der Waals surface area contributed by atoms with Crippen molar-refractivity contribution in [3.05, 3.63) is 28.8 Å². The fourth-order valence-electron chi connectivity index (χ4n) is 5.14. The summed E-state index contributed by atoms with van der Waals surface area (Å²) in [5.74, 6) is 0.283. The van der Waals surface area contributed by atoms with Crippen LogP contribution in [0.3, 0.4) is 0 Å². The molecule has 1 aromatic carbocycles. The highest BCUT2D eigenvalue weighted by Crippen LogP contribution is 2.36. The zero-order chi connectivity index (χ0) is 20.5. The fourth-order valence-corrected chi connectivity index (χ4v) is 5.32. The van der Waals surface area contributed by atoms with Crippen LogP contribution in [0.1, 0.15) is 31.2 Å². The Morgan fingerprint density at radius 1 is 1.28 bits per heavy atom. The topological polar surface area (TPSA) is 70.7 Å². The largest absolute Gasteiger partial charge is 0.381 e. The number of ether oxygens (including phenoxy) is 1. The molecule has 1 aliphatic carbocycles. The van der Waals surface area contributed by atoms with Gasteiger partial charge in [-0.2, -0.15) is 0 Å². The van der Waals surface area contributed by atoms with Crippen molar-refractivity contribution in [1.29, 1.82) is 0 Å². The van der Waals surface area contributed by atoms with Crippen molar-refractivity contribution in [3.8, 4) is 0 Å². The smallest absolute Gasteiger partial charge is 0.238 e. The van der Waals surface area contributed by atoms with Gasteiger partial charge in [0.1, 0.15) is 5.78 Å². The minimum Gasteiger partial charge on any atom is -0.381 e. The molecule has 29 heavy (non-hydrogen) atoms. The van der Waals surface area contributed by atoms with E-state index in [2.05, 4.69) is 15.5 Å². The van der Waals surface area contributed by atoms with E-state index in [9.17, 15) is 9.59 Å². The first-order valence-corrected chi connectivity index (χ1v) is 10.9. The van der Waals surface area contributed by atoms with Gasteiger partial charge in [0, 0.05) is 54.8 Å². The van der Waals surface area contributed by atoms with Gasteiger partial charge in [-0.05, 0) is 50.3 Å². The molecule has 1 saturated carbocycles. The number of anilines is 1. The van der Waals surface area contributed by atoms with Gasteiger partial charge in [-0.15, -0.1) is 0 Å². The van der Waals surface area contributed by atoms with E-state index in [1.165, 1.54) is 0 Å². The first-order valence-electron chi connectivity index (χ1n) is 10.6. The number of nitrogens with zero attached hydrogens (tertiary/aromatic N) is 1. The molecule has 2 heterocycles. The van der Waals surface area contributed by atoms with Crippen LogP contribution in [0.25, 0.3) is 0 Å². The number of Topliss-reactive ketones (excluding diaryl/α,β-unsaturated/α-hetero) is 1. The van der Waals surface area contributed by atoms with Gasteiger partial charge >= 0.3 is 0 Å². The molecule has 5 atom stereocenters. The second kappa shape index (κ2) is 8.72. The van der Waals surface area contributed by atoms with Crippen LogP contribution < -0.4 is 10.6 Å². The third-order valence-electron chi connectivity index (χ3n) is 6.81. The molecule has 3 fully saturated rings. The standard InChI is InChI=1S/C22H30ClN3O3/c1-13-3-4-14(9-18(13)23)24-21(27)12-26-8-7-20-17(11-26)22(28)16-10-15(29-2)5-6-19(16)25-20/h3-4,9,15-17,19-20,25H,5-8,10-12H2,1-2H3,(H,24,27). The number of aryl methyl sites for hydroxylation is 1. The van der Waals surface area contributed by atoms with Crippen molar-refractivity contribution >= 4 is 29.0 Å². The number of ketones is 1. The maximum Gasteiger partial charge on any atom is 0.238 e. The number of methoxy groups -OCH3 is 1. The Bertz CT molecular complexity index is 787. The van der Waals surface area contributed by atoms with Crippen molar-refractivity contribution in [1.82, 2.24) is 10.2 Å². The summed E-state index contributed by atoms with van der Waals surface area (Å²) in [6.45, 7) is 3.68. The van der Waals surface area contributed by atoms with Gasteiger partial charge in [-0.25, -0.2) is 0 Å². The second-order valence-corrected chi connectivity index (χ2v) is 9.11. The zero-order valence-electron chi connectivity index (χ0n) is 17.1. The molecule has 4 rings (SSSR count). The number of hydrogen-bond acceptors (Lipinski definition) is 5. The van der Waals surface area contributed by atoms with Crippen molar-refractivity contribution in [2.24, 2.45) is 11.8 Å². The zero-order valence-corrected chi connectivity index (χ0v) is 17.9. The quantitative estimate of drug-likeness (QED) is 0.785. The van der Waals surface area contributed by atoms with Crippen molar-refractivity contribution in [2.45, 2.75) is 50.8 Å². The van der Waals surface area contributed by atoms with E-state index in [4.69, 9.17) is 16.3 Å². The van der Waals surface area contributed by atoms with Gasteiger partial charge in [0.05, 0.1) is 12.6 Å². The summed E-state index contributed by atoms with van der Waals surface area (Å²) in [4.78, 5) is 27.8. The van der Waals surface area contributed by atoms with Crippen LogP contribution >= 0.6 is 11.6 Å². The van der Waals surface area contributed by atoms with E-state index in [1.807, 2.05) is 19.1 Å². The molecule has 7 heteroatoms. The Morgan fingerprint density at radius 2 is 2.07 bits per heavy atom. The second-order valence-electron chi connectivity index (χ2n) is 8.70.